The Bertz CT molecular complexity index is 1640. The number of amides is 1. The first kappa shape index (κ1) is 19.9. The topological polar surface area (TPSA) is 68.0 Å². The van der Waals surface area contributed by atoms with Crippen LogP contribution in [0.25, 0.3) is 44.3 Å². The Morgan fingerprint density at radius 3 is 2.29 bits per heavy atom. The van der Waals surface area contributed by atoms with E-state index in [9.17, 15) is 4.79 Å². The first-order valence-electron chi connectivity index (χ1n) is 11.0. The van der Waals surface area contributed by atoms with Crippen molar-refractivity contribution < 1.29 is 9.21 Å². The predicted octanol–water partition coefficient (Wildman–Crippen LogP) is 6.96. The molecule has 0 aliphatic rings. The van der Waals surface area contributed by atoms with E-state index in [1.165, 1.54) is 0 Å². The van der Waals surface area contributed by atoms with Gasteiger partial charge in [-0.3, -0.25) is 9.78 Å². The molecule has 0 atom stereocenters. The van der Waals surface area contributed by atoms with Crippen molar-refractivity contribution in [1.82, 2.24) is 9.97 Å². The Morgan fingerprint density at radius 1 is 0.706 bits per heavy atom. The summed E-state index contributed by atoms with van der Waals surface area (Å²) in [5, 5.41) is 7.09. The minimum atomic E-state index is -0.272. The van der Waals surface area contributed by atoms with Crippen LogP contribution >= 0.6 is 0 Å². The fourth-order valence-corrected chi connectivity index (χ4v) is 4.27. The highest BCUT2D eigenvalue weighted by atomic mass is 16.4. The summed E-state index contributed by atoms with van der Waals surface area (Å²) in [5.41, 5.74) is 2.82. The van der Waals surface area contributed by atoms with Gasteiger partial charge in [0.25, 0.3) is 5.91 Å². The molecule has 0 bridgehead atoms. The molecular formula is C29H19N3O2. The number of anilines is 1. The van der Waals surface area contributed by atoms with Gasteiger partial charge < -0.3 is 9.73 Å². The van der Waals surface area contributed by atoms with Gasteiger partial charge in [0.05, 0.1) is 6.20 Å². The molecule has 2 heterocycles. The number of benzene rings is 4. The molecule has 0 saturated heterocycles. The number of hydrogen-bond acceptors (Lipinski definition) is 4. The molecule has 0 spiro atoms. The van der Waals surface area contributed by atoms with Gasteiger partial charge in [-0.05, 0) is 40.4 Å². The largest absolute Gasteiger partial charge is 0.436 e. The molecule has 6 aromatic rings. The molecular weight excluding hydrogens is 422 g/mol. The number of rotatable bonds is 4. The summed E-state index contributed by atoms with van der Waals surface area (Å²) in [6.45, 7) is 0. The number of hydrogen-bond donors (Lipinski definition) is 1. The normalized spacial score (nSPS) is 11.1. The maximum Gasteiger partial charge on any atom is 0.274 e. The van der Waals surface area contributed by atoms with E-state index in [1.807, 2.05) is 60.7 Å². The van der Waals surface area contributed by atoms with Crippen molar-refractivity contribution in [2.45, 2.75) is 0 Å². The summed E-state index contributed by atoms with van der Waals surface area (Å²) in [5.74, 6) is 0.915. The number of aromatic nitrogens is 2. The van der Waals surface area contributed by atoms with Crippen LogP contribution in [0.4, 0.5) is 5.69 Å². The summed E-state index contributed by atoms with van der Waals surface area (Å²) < 4.78 is 6.28. The van der Waals surface area contributed by atoms with Gasteiger partial charge in [0.2, 0.25) is 5.89 Å². The summed E-state index contributed by atoms with van der Waals surface area (Å²) in [6, 6.07) is 31.3. The summed E-state index contributed by atoms with van der Waals surface area (Å²) in [4.78, 5) is 21.6. The van der Waals surface area contributed by atoms with E-state index in [0.717, 1.165) is 32.7 Å². The maximum absolute atomic E-state index is 12.8. The predicted molar refractivity (Wildman–Crippen MR) is 135 cm³/mol. The van der Waals surface area contributed by atoms with Crippen LogP contribution in [0, 0.1) is 0 Å². The van der Waals surface area contributed by atoms with Crippen molar-refractivity contribution in [1.29, 1.82) is 0 Å². The van der Waals surface area contributed by atoms with E-state index in [4.69, 9.17) is 4.42 Å². The molecule has 1 N–H and O–H groups in total. The van der Waals surface area contributed by atoms with Crippen LogP contribution in [-0.2, 0) is 0 Å². The summed E-state index contributed by atoms with van der Waals surface area (Å²) in [7, 11) is 0. The molecule has 4 aromatic carbocycles. The third kappa shape index (κ3) is 3.49. The summed E-state index contributed by atoms with van der Waals surface area (Å²) in [6.07, 6.45) is 3.36. The van der Waals surface area contributed by atoms with Gasteiger partial charge in [0.1, 0.15) is 5.69 Å². The monoisotopic (exact) mass is 441 g/mol. The van der Waals surface area contributed by atoms with Crippen molar-refractivity contribution in [2.75, 3.05) is 5.32 Å². The van der Waals surface area contributed by atoms with Crippen LogP contribution in [0.15, 0.2) is 114 Å². The highest BCUT2D eigenvalue weighted by molar-refractivity contribution is 6.11. The highest BCUT2D eigenvalue weighted by Crippen LogP contribution is 2.36. The number of fused-ring (bicyclic) bond motifs is 2. The average Bonchev–Trinajstić information content (AvgIpc) is 3.39. The van der Waals surface area contributed by atoms with E-state index in [0.29, 0.717) is 23.0 Å². The number of pyridine rings is 1. The fourth-order valence-electron chi connectivity index (χ4n) is 4.27. The molecule has 6 rings (SSSR count). The standard InChI is InChI=1S/C29H19N3O2/c33-28(25-15-3-4-17-30-25)32-24-16-7-11-20-10-6-14-23(27(20)24)29-31-18-26(34-29)22-13-5-9-19-8-1-2-12-21(19)22/h1-18H,(H,32,33). The second-order valence-electron chi connectivity index (χ2n) is 7.93. The van der Waals surface area contributed by atoms with Crippen molar-refractivity contribution in [3.8, 4) is 22.8 Å². The lowest BCUT2D eigenvalue weighted by atomic mass is 10.0. The number of carbonyl (C=O) groups is 1. The van der Waals surface area contributed by atoms with Gasteiger partial charge in [-0.2, -0.15) is 0 Å². The summed E-state index contributed by atoms with van der Waals surface area (Å²) >= 11 is 0. The van der Waals surface area contributed by atoms with Crippen LogP contribution < -0.4 is 5.32 Å². The maximum atomic E-state index is 12.8. The lowest BCUT2D eigenvalue weighted by Crippen LogP contribution is -2.13. The van der Waals surface area contributed by atoms with Gasteiger partial charge in [-0.1, -0.05) is 72.8 Å². The van der Waals surface area contributed by atoms with Gasteiger partial charge in [-0.25, -0.2) is 4.98 Å². The molecule has 162 valence electrons. The third-order valence-corrected chi connectivity index (χ3v) is 5.84. The minimum absolute atomic E-state index is 0.272. The quantitative estimate of drug-likeness (QED) is 0.321. The van der Waals surface area contributed by atoms with Crippen molar-refractivity contribution in [2.24, 2.45) is 0 Å². The van der Waals surface area contributed by atoms with E-state index < -0.39 is 0 Å². The van der Waals surface area contributed by atoms with Crippen molar-refractivity contribution in [3.05, 3.63) is 115 Å². The van der Waals surface area contributed by atoms with Gasteiger partial charge in [0.15, 0.2) is 5.76 Å². The molecule has 0 saturated carbocycles. The molecule has 5 nitrogen and oxygen atoms in total. The van der Waals surface area contributed by atoms with E-state index in [-0.39, 0.29) is 5.91 Å². The highest BCUT2D eigenvalue weighted by Gasteiger charge is 2.17. The van der Waals surface area contributed by atoms with Gasteiger partial charge >= 0.3 is 0 Å². The van der Waals surface area contributed by atoms with E-state index >= 15 is 0 Å². The number of oxazole rings is 1. The molecule has 0 unspecified atom stereocenters. The molecule has 0 aliphatic carbocycles. The third-order valence-electron chi connectivity index (χ3n) is 5.84. The SMILES string of the molecule is O=C(Nc1cccc2cccc(-c3ncc(-c4cccc5ccccc45)o3)c12)c1ccccn1. The van der Waals surface area contributed by atoms with Crippen LogP contribution in [0.5, 0.6) is 0 Å². The first-order valence-corrected chi connectivity index (χ1v) is 11.0. The number of nitrogens with one attached hydrogen (secondary N) is 1. The van der Waals surface area contributed by atoms with Gasteiger partial charge in [-0.15, -0.1) is 0 Å². The lowest BCUT2D eigenvalue weighted by molar-refractivity contribution is 0.102. The zero-order valence-corrected chi connectivity index (χ0v) is 18.1. The molecule has 1 amide bonds. The molecule has 2 aromatic heterocycles. The first-order chi connectivity index (χ1) is 16.8. The van der Waals surface area contributed by atoms with E-state index in [2.05, 4.69) is 33.5 Å². The zero-order valence-electron chi connectivity index (χ0n) is 18.1. The second kappa shape index (κ2) is 8.30. The van der Waals surface area contributed by atoms with Crippen LogP contribution in [0.3, 0.4) is 0 Å². The Balaban J connectivity index is 1.45. The van der Waals surface area contributed by atoms with Crippen molar-refractivity contribution in [3.63, 3.8) is 0 Å². The molecule has 34 heavy (non-hydrogen) atoms. The van der Waals surface area contributed by atoms with Crippen LogP contribution in [-0.4, -0.2) is 15.9 Å². The smallest absolute Gasteiger partial charge is 0.274 e. The van der Waals surface area contributed by atoms with Crippen molar-refractivity contribution >= 4 is 33.1 Å². The van der Waals surface area contributed by atoms with Gasteiger partial charge in [0, 0.05) is 28.4 Å². The number of carbonyl (C=O) groups excluding carboxylic acids is 1. The van der Waals surface area contributed by atoms with Crippen LogP contribution in [0.1, 0.15) is 10.5 Å². The second-order valence-corrected chi connectivity index (χ2v) is 7.93. The Labute approximate surface area is 195 Å². The molecule has 5 heteroatoms. The Morgan fingerprint density at radius 2 is 1.44 bits per heavy atom. The van der Waals surface area contributed by atoms with Crippen LogP contribution in [0.2, 0.25) is 0 Å². The molecule has 0 radical (unpaired) electrons. The van der Waals surface area contributed by atoms with E-state index in [1.54, 1.807) is 30.6 Å². The Hall–Kier alpha value is -4.77. The number of nitrogens with zero attached hydrogens (tertiary/aromatic N) is 2. The fraction of sp³-hybridized carbons (Fsp3) is 0. The average molecular weight is 441 g/mol. The Kier molecular flexibility index (Phi) is 4.85. The lowest BCUT2D eigenvalue weighted by Gasteiger charge is -2.11. The molecule has 0 aliphatic heterocycles. The minimum Gasteiger partial charge on any atom is -0.436 e. The zero-order chi connectivity index (χ0) is 22.9. The molecule has 0 fully saturated rings.